The molecule has 4 nitrogen and oxygen atoms in total. The molecule has 3 saturated carbocycles. The van der Waals surface area contributed by atoms with Crippen LogP contribution in [0.5, 0.6) is 5.75 Å². The predicted molar refractivity (Wildman–Crippen MR) is 169 cm³/mol. The van der Waals surface area contributed by atoms with Crippen LogP contribution in [0.2, 0.25) is 0 Å². The summed E-state index contributed by atoms with van der Waals surface area (Å²) in [4.78, 5) is 24.8. The van der Waals surface area contributed by atoms with Crippen molar-refractivity contribution < 1.29 is 19.1 Å². The molecule has 4 aliphatic carbocycles. The van der Waals surface area contributed by atoms with Gasteiger partial charge >= 0.3 is 11.9 Å². The van der Waals surface area contributed by atoms with Crippen molar-refractivity contribution in [2.45, 2.75) is 118 Å². The van der Waals surface area contributed by atoms with Crippen LogP contribution in [-0.4, -0.2) is 18.0 Å². The topological polar surface area (TPSA) is 52.6 Å². The Labute approximate surface area is 254 Å². The number of benzene rings is 1. The molecule has 0 radical (unpaired) electrons. The lowest BCUT2D eigenvalue weighted by atomic mass is 9.47. The first-order valence-corrected chi connectivity index (χ1v) is 16.8. The van der Waals surface area contributed by atoms with E-state index >= 15 is 0 Å². The molecule has 3 fully saturated rings. The zero-order valence-electron chi connectivity index (χ0n) is 27.0. The van der Waals surface area contributed by atoms with E-state index in [1.165, 1.54) is 56.9 Å². The Morgan fingerprint density at radius 2 is 1.71 bits per heavy atom. The number of carbonyl (C=O) groups excluding carboxylic acids is 2. The van der Waals surface area contributed by atoms with Crippen LogP contribution < -0.4 is 4.74 Å². The molecule has 4 unspecified atom stereocenters. The molecule has 5 rings (SSSR count). The quantitative estimate of drug-likeness (QED) is 0.127. The van der Waals surface area contributed by atoms with Crippen molar-refractivity contribution in [1.29, 1.82) is 0 Å². The Bertz CT molecular complexity index is 1190. The van der Waals surface area contributed by atoms with E-state index in [9.17, 15) is 9.59 Å². The number of esters is 2. The number of rotatable bonds is 9. The summed E-state index contributed by atoms with van der Waals surface area (Å²) in [7, 11) is 0. The molecule has 4 heteroatoms. The summed E-state index contributed by atoms with van der Waals surface area (Å²) in [6.07, 6.45) is 16.3. The average molecular weight is 575 g/mol. The lowest BCUT2D eigenvalue weighted by Gasteiger charge is -2.58. The monoisotopic (exact) mass is 574 g/mol. The van der Waals surface area contributed by atoms with Crippen LogP contribution in [0.25, 0.3) is 0 Å². The van der Waals surface area contributed by atoms with Gasteiger partial charge in [-0.3, -0.25) is 0 Å². The van der Waals surface area contributed by atoms with Gasteiger partial charge in [-0.25, -0.2) is 9.59 Å². The predicted octanol–water partition coefficient (Wildman–Crippen LogP) is 9.73. The lowest BCUT2D eigenvalue weighted by Crippen LogP contribution is -2.51. The molecule has 0 bridgehead atoms. The molecule has 0 aliphatic heterocycles. The van der Waals surface area contributed by atoms with Crippen molar-refractivity contribution in [3.63, 3.8) is 0 Å². The van der Waals surface area contributed by atoms with E-state index < -0.39 is 5.97 Å². The van der Waals surface area contributed by atoms with Gasteiger partial charge in [-0.05, 0) is 122 Å². The third-order valence-electron chi connectivity index (χ3n) is 12.2. The summed E-state index contributed by atoms with van der Waals surface area (Å²) < 4.78 is 11.3. The van der Waals surface area contributed by atoms with Crippen molar-refractivity contribution in [3.05, 3.63) is 53.6 Å². The second-order valence-corrected chi connectivity index (χ2v) is 15.3. The first-order chi connectivity index (χ1) is 19.9. The van der Waals surface area contributed by atoms with E-state index in [4.69, 9.17) is 9.47 Å². The molecular weight excluding hydrogens is 520 g/mol. The number of carbonyl (C=O) groups is 2. The summed E-state index contributed by atoms with van der Waals surface area (Å²) in [5.74, 6) is 4.59. The molecule has 0 N–H and O–H groups in total. The lowest BCUT2D eigenvalue weighted by molar-refractivity contribution is -0.130. The fraction of sp³-hybridized carbons (Fsp3) is 0.684. The minimum absolute atomic E-state index is 0.0781. The van der Waals surface area contributed by atoms with Gasteiger partial charge in [0.1, 0.15) is 11.9 Å². The van der Waals surface area contributed by atoms with E-state index in [1.807, 2.05) is 0 Å². The van der Waals surface area contributed by atoms with Crippen LogP contribution in [0.15, 0.2) is 48.1 Å². The highest BCUT2D eigenvalue weighted by Crippen LogP contribution is 2.67. The van der Waals surface area contributed by atoms with Gasteiger partial charge in [0.05, 0.1) is 5.56 Å². The van der Waals surface area contributed by atoms with Crippen molar-refractivity contribution >= 4 is 11.9 Å². The van der Waals surface area contributed by atoms with Gasteiger partial charge in [-0.2, -0.15) is 0 Å². The first kappa shape index (κ1) is 31.1. The molecule has 0 aromatic heterocycles. The van der Waals surface area contributed by atoms with Crippen molar-refractivity contribution in [1.82, 2.24) is 0 Å². The van der Waals surface area contributed by atoms with E-state index in [0.717, 1.165) is 54.8 Å². The summed E-state index contributed by atoms with van der Waals surface area (Å²) >= 11 is 0. The van der Waals surface area contributed by atoms with Gasteiger partial charge in [0.25, 0.3) is 0 Å². The molecule has 4 aliphatic rings. The molecule has 0 heterocycles. The van der Waals surface area contributed by atoms with Gasteiger partial charge in [-0.1, -0.05) is 72.1 Å². The number of fused-ring (bicyclic) bond motifs is 5. The molecule has 230 valence electrons. The molecular formula is C38H54O4. The van der Waals surface area contributed by atoms with Crippen LogP contribution in [-0.2, 0) is 9.53 Å². The number of hydrogen-bond acceptors (Lipinski definition) is 4. The number of hydrogen-bond donors (Lipinski definition) is 0. The van der Waals surface area contributed by atoms with Crippen LogP contribution in [0.1, 0.15) is 123 Å². The first-order valence-electron chi connectivity index (χ1n) is 16.8. The molecule has 8 atom stereocenters. The highest BCUT2D eigenvalue weighted by molar-refractivity contribution is 5.90. The van der Waals surface area contributed by atoms with Crippen LogP contribution in [0, 0.1) is 46.3 Å². The van der Waals surface area contributed by atoms with Crippen molar-refractivity contribution in [3.8, 4) is 5.75 Å². The standard InChI is InChI=1S/C38H54O4/c1-24(2)9-8-10-26(5)32-17-18-33-31-16-13-28-23-30(19-21-37(28,6)34(31)20-22-38(32,33)7)42-36(40)27-11-14-29(15-12-27)41-35(39)25(3)4/h11-15,24,26,30-34H,3,8-10,16-23H2,1-2,4-7H3/t26-,30?,31?,32-,33?,34?,37+,38-/m1/s1. The summed E-state index contributed by atoms with van der Waals surface area (Å²) in [5, 5.41) is 0. The van der Waals surface area contributed by atoms with Crippen molar-refractivity contribution in [2.75, 3.05) is 0 Å². The summed E-state index contributed by atoms with van der Waals surface area (Å²) in [6.45, 7) is 17.7. The SMILES string of the molecule is C=C(C)C(=O)Oc1ccc(C(=O)OC2CC[C@@]3(C)C(=CCC4C3CC[C@@]3(C)C4CC[C@@H]3[C@H](C)CCCC(C)C)C2)cc1. The van der Waals surface area contributed by atoms with Gasteiger partial charge in [0.15, 0.2) is 0 Å². The molecule has 0 amide bonds. The molecule has 0 spiro atoms. The largest absolute Gasteiger partial charge is 0.458 e. The van der Waals surface area contributed by atoms with E-state index in [1.54, 1.807) is 31.2 Å². The van der Waals surface area contributed by atoms with Crippen molar-refractivity contribution in [2.24, 2.45) is 46.3 Å². The van der Waals surface area contributed by atoms with Crippen LogP contribution in [0.3, 0.4) is 0 Å². The highest BCUT2D eigenvalue weighted by atomic mass is 16.5. The van der Waals surface area contributed by atoms with E-state index in [-0.39, 0.29) is 17.5 Å². The molecule has 42 heavy (non-hydrogen) atoms. The van der Waals surface area contributed by atoms with Gasteiger partial charge in [0, 0.05) is 12.0 Å². The summed E-state index contributed by atoms with van der Waals surface area (Å²) in [5.41, 5.74) is 3.10. The Kier molecular flexibility index (Phi) is 9.12. The number of allylic oxidation sites excluding steroid dienone is 1. The van der Waals surface area contributed by atoms with Crippen LogP contribution in [0.4, 0.5) is 0 Å². The maximum atomic E-state index is 13.0. The average Bonchev–Trinajstić information content (AvgIpc) is 3.30. The maximum absolute atomic E-state index is 13.0. The Balaban J connectivity index is 1.20. The summed E-state index contributed by atoms with van der Waals surface area (Å²) in [6, 6.07) is 6.60. The smallest absolute Gasteiger partial charge is 0.338 e. The molecule has 0 saturated heterocycles. The normalized spacial score (nSPS) is 34.5. The Hall–Kier alpha value is -2.36. The zero-order valence-corrected chi connectivity index (χ0v) is 27.0. The van der Waals surface area contributed by atoms with Gasteiger partial charge < -0.3 is 9.47 Å². The minimum Gasteiger partial charge on any atom is -0.458 e. The molecule has 1 aromatic carbocycles. The molecule has 1 aromatic rings. The zero-order chi connectivity index (χ0) is 30.2. The fourth-order valence-corrected chi connectivity index (χ4v) is 9.83. The Morgan fingerprint density at radius 1 is 0.976 bits per heavy atom. The Morgan fingerprint density at radius 3 is 2.40 bits per heavy atom. The van der Waals surface area contributed by atoms with Crippen LogP contribution >= 0.6 is 0 Å². The van der Waals surface area contributed by atoms with Gasteiger partial charge in [-0.15, -0.1) is 0 Å². The minimum atomic E-state index is -0.472. The highest BCUT2D eigenvalue weighted by Gasteiger charge is 2.59. The third-order valence-corrected chi connectivity index (χ3v) is 12.2. The van der Waals surface area contributed by atoms with E-state index in [2.05, 4.69) is 47.3 Å². The second-order valence-electron chi connectivity index (χ2n) is 15.3. The maximum Gasteiger partial charge on any atom is 0.338 e. The van der Waals surface area contributed by atoms with Gasteiger partial charge in [0.2, 0.25) is 0 Å². The second kappa shape index (κ2) is 12.3. The third kappa shape index (κ3) is 6.02. The van der Waals surface area contributed by atoms with E-state index in [0.29, 0.717) is 22.3 Å². The fourth-order valence-electron chi connectivity index (χ4n) is 9.83. The number of ether oxygens (including phenoxy) is 2.